The zero-order chi connectivity index (χ0) is 12.0. The summed E-state index contributed by atoms with van der Waals surface area (Å²) in [4.78, 5) is 10.8. The standard InChI is InChI=1S/C11H14ClNO3/c1-8-4-2-3-5-9(8)16-10(12)6-7-11(14)13-15/h2-5,10,15H,6-7H2,1H3,(H,13,14). The van der Waals surface area contributed by atoms with Gasteiger partial charge in [0.05, 0.1) is 0 Å². The summed E-state index contributed by atoms with van der Waals surface area (Å²) in [5.74, 6) is 0.228. The molecule has 2 N–H and O–H groups in total. The van der Waals surface area contributed by atoms with Crippen LogP contribution in [0, 0.1) is 6.92 Å². The van der Waals surface area contributed by atoms with Crippen molar-refractivity contribution in [1.82, 2.24) is 5.48 Å². The highest BCUT2D eigenvalue weighted by Gasteiger charge is 2.10. The van der Waals surface area contributed by atoms with E-state index in [1.54, 1.807) is 5.48 Å². The van der Waals surface area contributed by atoms with Gasteiger partial charge in [0.15, 0.2) is 5.56 Å². The number of ether oxygens (including phenoxy) is 1. The van der Waals surface area contributed by atoms with Gasteiger partial charge in [-0.3, -0.25) is 10.0 Å². The Bertz CT molecular complexity index is 357. The molecule has 0 aromatic heterocycles. The Morgan fingerprint density at radius 1 is 1.56 bits per heavy atom. The molecule has 0 aliphatic carbocycles. The lowest BCUT2D eigenvalue weighted by Gasteiger charge is -2.13. The van der Waals surface area contributed by atoms with Crippen molar-refractivity contribution in [1.29, 1.82) is 0 Å². The maximum atomic E-state index is 10.8. The lowest BCUT2D eigenvalue weighted by atomic mass is 10.2. The third-order valence-corrected chi connectivity index (χ3v) is 2.38. The quantitative estimate of drug-likeness (QED) is 0.474. The number of hydroxylamine groups is 1. The second-order valence-electron chi connectivity index (χ2n) is 3.37. The SMILES string of the molecule is Cc1ccccc1OC(Cl)CCC(=O)NO. The summed E-state index contributed by atoms with van der Waals surface area (Å²) in [6.07, 6.45) is 0.457. The van der Waals surface area contributed by atoms with Crippen molar-refractivity contribution in [3.05, 3.63) is 29.8 Å². The van der Waals surface area contributed by atoms with Gasteiger partial charge in [-0.1, -0.05) is 29.8 Å². The maximum Gasteiger partial charge on any atom is 0.243 e. The Hall–Kier alpha value is -1.26. The first-order chi connectivity index (χ1) is 7.63. The number of para-hydroxylation sites is 1. The van der Waals surface area contributed by atoms with E-state index in [-0.39, 0.29) is 6.42 Å². The highest BCUT2D eigenvalue weighted by atomic mass is 35.5. The largest absolute Gasteiger partial charge is 0.474 e. The molecule has 1 unspecified atom stereocenters. The third kappa shape index (κ3) is 4.08. The summed E-state index contributed by atoms with van der Waals surface area (Å²) in [6.45, 7) is 1.92. The van der Waals surface area contributed by atoms with Crippen molar-refractivity contribution in [2.45, 2.75) is 25.3 Å². The van der Waals surface area contributed by atoms with Crippen molar-refractivity contribution < 1.29 is 14.7 Å². The predicted octanol–water partition coefficient (Wildman–Crippen LogP) is 2.22. The lowest BCUT2D eigenvalue weighted by molar-refractivity contribution is -0.129. The van der Waals surface area contributed by atoms with Crippen LogP contribution < -0.4 is 10.2 Å². The van der Waals surface area contributed by atoms with E-state index in [1.165, 1.54) is 0 Å². The Kier molecular flexibility index (Phi) is 5.08. The zero-order valence-corrected chi connectivity index (χ0v) is 9.70. The normalized spacial score (nSPS) is 11.9. The summed E-state index contributed by atoms with van der Waals surface area (Å²) >= 11 is 5.90. The average Bonchev–Trinajstić information content (AvgIpc) is 2.29. The molecule has 0 aliphatic rings. The van der Waals surface area contributed by atoms with Gasteiger partial charge < -0.3 is 4.74 Å². The molecular formula is C11H14ClNO3. The van der Waals surface area contributed by atoms with Crippen LogP contribution in [0.1, 0.15) is 18.4 Å². The molecule has 0 heterocycles. The molecule has 1 amide bonds. The van der Waals surface area contributed by atoms with E-state index in [0.717, 1.165) is 5.56 Å². The molecule has 0 saturated heterocycles. The number of alkyl halides is 1. The number of aryl methyl sites for hydroxylation is 1. The molecule has 1 aromatic rings. The van der Waals surface area contributed by atoms with Crippen molar-refractivity contribution in [3.8, 4) is 5.75 Å². The highest BCUT2D eigenvalue weighted by Crippen LogP contribution is 2.20. The van der Waals surface area contributed by atoms with Crippen molar-refractivity contribution in [2.24, 2.45) is 0 Å². The summed E-state index contributed by atoms with van der Waals surface area (Å²) in [5.41, 5.74) is 1.94. The molecule has 0 bridgehead atoms. The molecule has 4 nitrogen and oxygen atoms in total. The minimum Gasteiger partial charge on any atom is -0.474 e. The molecule has 0 spiro atoms. The molecule has 16 heavy (non-hydrogen) atoms. The Morgan fingerprint density at radius 3 is 2.88 bits per heavy atom. The van der Waals surface area contributed by atoms with Crippen LogP contribution in [0.25, 0.3) is 0 Å². The van der Waals surface area contributed by atoms with Crippen LogP contribution in [0.15, 0.2) is 24.3 Å². The van der Waals surface area contributed by atoms with Crippen LogP contribution >= 0.6 is 11.6 Å². The van der Waals surface area contributed by atoms with E-state index < -0.39 is 11.5 Å². The molecule has 5 heteroatoms. The van der Waals surface area contributed by atoms with Gasteiger partial charge in [-0.2, -0.15) is 0 Å². The molecular weight excluding hydrogens is 230 g/mol. The summed E-state index contributed by atoms with van der Waals surface area (Å²) in [6, 6.07) is 7.49. The molecule has 1 rings (SSSR count). The van der Waals surface area contributed by atoms with E-state index in [4.69, 9.17) is 21.5 Å². The van der Waals surface area contributed by atoms with Gasteiger partial charge in [0, 0.05) is 12.8 Å². The van der Waals surface area contributed by atoms with Crippen molar-refractivity contribution >= 4 is 17.5 Å². The molecule has 88 valence electrons. The van der Waals surface area contributed by atoms with E-state index in [0.29, 0.717) is 12.2 Å². The number of benzene rings is 1. The molecule has 1 aromatic carbocycles. The zero-order valence-electron chi connectivity index (χ0n) is 8.94. The fourth-order valence-corrected chi connectivity index (χ4v) is 1.39. The Morgan fingerprint density at radius 2 is 2.25 bits per heavy atom. The van der Waals surface area contributed by atoms with E-state index in [9.17, 15) is 4.79 Å². The lowest BCUT2D eigenvalue weighted by Crippen LogP contribution is -2.20. The number of carbonyl (C=O) groups excluding carboxylic acids is 1. The number of halogens is 1. The number of hydrogen-bond acceptors (Lipinski definition) is 3. The van der Waals surface area contributed by atoms with Gasteiger partial charge in [0.25, 0.3) is 0 Å². The molecule has 0 radical (unpaired) electrons. The molecule has 1 atom stereocenters. The number of hydrogen-bond donors (Lipinski definition) is 2. The van der Waals surface area contributed by atoms with E-state index in [1.807, 2.05) is 31.2 Å². The number of amides is 1. The van der Waals surface area contributed by atoms with Crippen LogP contribution in [0.4, 0.5) is 0 Å². The van der Waals surface area contributed by atoms with Crippen LogP contribution in [-0.4, -0.2) is 16.7 Å². The minimum atomic E-state index is -0.585. The van der Waals surface area contributed by atoms with Crippen LogP contribution in [0.5, 0.6) is 5.75 Å². The van der Waals surface area contributed by atoms with Crippen molar-refractivity contribution in [2.75, 3.05) is 0 Å². The highest BCUT2D eigenvalue weighted by molar-refractivity contribution is 6.19. The number of nitrogens with one attached hydrogen (secondary N) is 1. The summed E-state index contributed by atoms with van der Waals surface area (Å²) in [7, 11) is 0. The van der Waals surface area contributed by atoms with Gasteiger partial charge in [-0.05, 0) is 18.6 Å². The van der Waals surface area contributed by atoms with Crippen molar-refractivity contribution in [3.63, 3.8) is 0 Å². The molecule has 0 aliphatic heterocycles. The van der Waals surface area contributed by atoms with E-state index in [2.05, 4.69) is 0 Å². The van der Waals surface area contributed by atoms with E-state index >= 15 is 0 Å². The third-order valence-electron chi connectivity index (χ3n) is 2.07. The number of rotatable bonds is 5. The first kappa shape index (κ1) is 12.8. The average molecular weight is 244 g/mol. The fourth-order valence-electron chi connectivity index (χ4n) is 1.19. The van der Waals surface area contributed by atoms with Gasteiger partial charge >= 0.3 is 0 Å². The monoisotopic (exact) mass is 243 g/mol. The second kappa shape index (κ2) is 6.35. The second-order valence-corrected chi connectivity index (χ2v) is 3.85. The minimum absolute atomic E-state index is 0.122. The van der Waals surface area contributed by atoms with Crippen LogP contribution in [0.3, 0.4) is 0 Å². The van der Waals surface area contributed by atoms with Crippen LogP contribution in [0.2, 0.25) is 0 Å². The number of carbonyl (C=O) groups is 1. The Labute approximate surface area is 99.1 Å². The maximum absolute atomic E-state index is 10.8. The smallest absolute Gasteiger partial charge is 0.243 e. The first-order valence-electron chi connectivity index (χ1n) is 4.92. The Balaban J connectivity index is 2.43. The van der Waals surface area contributed by atoms with Gasteiger partial charge in [-0.15, -0.1) is 0 Å². The summed E-state index contributed by atoms with van der Waals surface area (Å²) < 4.78 is 5.44. The predicted molar refractivity (Wildman–Crippen MR) is 60.6 cm³/mol. The fraction of sp³-hybridized carbons (Fsp3) is 0.364. The summed E-state index contributed by atoms with van der Waals surface area (Å²) in [5, 5.41) is 8.30. The van der Waals surface area contributed by atoms with Crippen LogP contribution in [-0.2, 0) is 4.79 Å². The van der Waals surface area contributed by atoms with Gasteiger partial charge in [0.1, 0.15) is 5.75 Å². The molecule has 0 fully saturated rings. The van der Waals surface area contributed by atoms with Gasteiger partial charge in [0.2, 0.25) is 5.91 Å². The first-order valence-corrected chi connectivity index (χ1v) is 5.36. The molecule has 0 saturated carbocycles. The van der Waals surface area contributed by atoms with Gasteiger partial charge in [-0.25, -0.2) is 5.48 Å². The topological polar surface area (TPSA) is 58.6 Å².